The van der Waals surface area contributed by atoms with Gasteiger partial charge in [0.1, 0.15) is 0 Å². The number of benzene rings is 2. The van der Waals surface area contributed by atoms with Gasteiger partial charge in [0.15, 0.2) is 23.3 Å². The van der Waals surface area contributed by atoms with Gasteiger partial charge in [-0.2, -0.15) is 0 Å². The van der Waals surface area contributed by atoms with Crippen LogP contribution < -0.4 is 0 Å². The first-order chi connectivity index (χ1) is 9.02. The van der Waals surface area contributed by atoms with E-state index >= 15 is 0 Å². The van der Waals surface area contributed by atoms with E-state index in [0.29, 0.717) is 5.56 Å². The minimum atomic E-state index is -2.16. The highest BCUT2D eigenvalue weighted by atomic mass is 19.2. The number of rotatable bonds is 2. The van der Waals surface area contributed by atoms with E-state index in [0.717, 1.165) is 6.08 Å². The van der Waals surface area contributed by atoms with E-state index in [-0.39, 0.29) is 0 Å². The summed E-state index contributed by atoms with van der Waals surface area (Å²) in [6.07, 6.45) is 2.11. The third kappa shape index (κ3) is 2.50. The van der Waals surface area contributed by atoms with Crippen molar-refractivity contribution >= 4 is 12.2 Å². The summed E-state index contributed by atoms with van der Waals surface area (Å²) in [6, 6.07) is 8.34. The predicted octanol–water partition coefficient (Wildman–Crippen LogP) is 4.55. The molecule has 2 aromatic carbocycles. The van der Waals surface area contributed by atoms with Crippen molar-refractivity contribution in [3.63, 3.8) is 0 Å². The van der Waals surface area contributed by atoms with Crippen molar-refractivity contribution in [2.24, 2.45) is 0 Å². The molecule has 2 rings (SSSR count). The Kier molecular flexibility index (Phi) is 3.64. The third-order valence-corrected chi connectivity index (χ3v) is 2.49. The lowest BCUT2D eigenvalue weighted by Crippen LogP contribution is -2.03. The number of hydrogen-bond acceptors (Lipinski definition) is 0. The first kappa shape index (κ1) is 13.3. The molecule has 5 heteroatoms. The van der Waals surface area contributed by atoms with Crippen LogP contribution in [0.25, 0.3) is 12.2 Å². The Hall–Kier alpha value is -2.17. The highest BCUT2D eigenvalue weighted by molar-refractivity contribution is 5.70. The van der Waals surface area contributed by atoms with Gasteiger partial charge in [-0.3, -0.25) is 0 Å². The quantitative estimate of drug-likeness (QED) is 0.325. The van der Waals surface area contributed by atoms with Crippen LogP contribution >= 0.6 is 0 Å². The molecule has 0 bridgehead atoms. The van der Waals surface area contributed by atoms with Crippen LogP contribution in [-0.4, -0.2) is 0 Å². The average Bonchev–Trinajstić information content (AvgIpc) is 2.44. The maximum Gasteiger partial charge on any atom is 0.200 e. The number of hydrogen-bond donors (Lipinski definition) is 0. The highest BCUT2D eigenvalue weighted by Gasteiger charge is 2.23. The Balaban J connectivity index is 2.50. The maximum absolute atomic E-state index is 13.3. The average molecular weight is 270 g/mol. The largest absolute Gasteiger partial charge is 0.203 e. The summed E-state index contributed by atoms with van der Waals surface area (Å²) in [6.45, 7) is 0. The lowest BCUT2D eigenvalue weighted by Gasteiger charge is -2.04. The monoisotopic (exact) mass is 270 g/mol. The van der Waals surface area contributed by atoms with Crippen LogP contribution in [0, 0.1) is 29.1 Å². The summed E-state index contributed by atoms with van der Waals surface area (Å²) in [5.74, 6) is -9.75. The second-order valence-electron chi connectivity index (χ2n) is 3.73. The molecule has 0 amide bonds. The fourth-order valence-electron chi connectivity index (χ4n) is 1.51. The second-order valence-corrected chi connectivity index (χ2v) is 3.73. The van der Waals surface area contributed by atoms with Gasteiger partial charge in [0, 0.05) is 0 Å². The topological polar surface area (TPSA) is 0 Å². The fourth-order valence-corrected chi connectivity index (χ4v) is 1.51. The molecule has 98 valence electrons. The molecule has 0 aliphatic heterocycles. The normalized spacial score (nSPS) is 11.2. The molecule has 0 aromatic heterocycles. The third-order valence-electron chi connectivity index (χ3n) is 2.49. The van der Waals surface area contributed by atoms with Crippen LogP contribution in [-0.2, 0) is 0 Å². The van der Waals surface area contributed by atoms with E-state index in [1.54, 1.807) is 30.3 Å². The molecular weight excluding hydrogens is 263 g/mol. The summed E-state index contributed by atoms with van der Waals surface area (Å²) in [5.41, 5.74) is -0.383. The lowest BCUT2D eigenvalue weighted by atomic mass is 10.1. The van der Waals surface area contributed by atoms with E-state index in [4.69, 9.17) is 0 Å². The van der Waals surface area contributed by atoms with Gasteiger partial charge >= 0.3 is 0 Å². The molecule has 0 aliphatic rings. The van der Waals surface area contributed by atoms with Crippen molar-refractivity contribution < 1.29 is 22.0 Å². The molecule has 0 radical (unpaired) electrons. The molecular formula is C14H7F5. The lowest BCUT2D eigenvalue weighted by molar-refractivity contribution is 0.377. The Morgan fingerprint density at radius 3 is 1.58 bits per heavy atom. The molecule has 0 aliphatic carbocycles. The SMILES string of the molecule is Fc1c(F)c(F)c(C=Cc2ccccc2)c(F)c1F. The minimum Gasteiger partial charge on any atom is -0.203 e. The molecule has 0 fully saturated rings. The molecule has 0 saturated heterocycles. The molecule has 0 nitrogen and oxygen atoms in total. The van der Waals surface area contributed by atoms with E-state index in [2.05, 4.69) is 0 Å². The van der Waals surface area contributed by atoms with Crippen LogP contribution in [0.4, 0.5) is 22.0 Å². The van der Waals surface area contributed by atoms with E-state index in [1.807, 2.05) is 0 Å². The zero-order chi connectivity index (χ0) is 14.0. The van der Waals surface area contributed by atoms with Crippen LogP contribution in [0.5, 0.6) is 0 Å². The van der Waals surface area contributed by atoms with Gasteiger partial charge in [-0.1, -0.05) is 36.4 Å². The minimum absolute atomic E-state index is 0.575. The van der Waals surface area contributed by atoms with Gasteiger partial charge in [-0.15, -0.1) is 0 Å². The van der Waals surface area contributed by atoms with Crippen molar-refractivity contribution in [2.45, 2.75) is 0 Å². The van der Waals surface area contributed by atoms with Crippen molar-refractivity contribution in [1.82, 2.24) is 0 Å². The van der Waals surface area contributed by atoms with Crippen LogP contribution in [0.15, 0.2) is 30.3 Å². The Bertz CT molecular complexity index is 603. The molecule has 0 N–H and O–H groups in total. The van der Waals surface area contributed by atoms with Crippen molar-refractivity contribution in [2.75, 3.05) is 0 Å². The summed E-state index contributed by atoms with van der Waals surface area (Å²) < 4.78 is 65.3. The van der Waals surface area contributed by atoms with Crippen LogP contribution in [0.2, 0.25) is 0 Å². The van der Waals surface area contributed by atoms with E-state index in [1.165, 1.54) is 6.08 Å². The molecule has 0 spiro atoms. The Labute approximate surface area is 105 Å². The van der Waals surface area contributed by atoms with Crippen molar-refractivity contribution in [3.05, 3.63) is 70.5 Å². The van der Waals surface area contributed by atoms with Gasteiger partial charge in [-0.25, -0.2) is 22.0 Å². The van der Waals surface area contributed by atoms with Gasteiger partial charge < -0.3 is 0 Å². The summed E-state index contributed by atoms with van der Waals surface area (Å²) in [5, 5.41) is 0. The smallest absolute Gasteiger partial charge is 0.200 e. The Morgan fingerprint density at radius 2 is 1.05 bits per heavy atom. The standard InChI is InChI=1S/C14H7F5/c15-10-9(7-6-8-4-2-1-3-5-8)11(16)13(18)14(19)12(10)17/h1-7H. The maximum atomic E-state index is 13.3. The first-order valence-electron chi connectivity index (χ1n) is 5.27. The van der Waals surface area contributed by atoms with Gasteiger partial charge in [0.05, 0.1) is 5.56 Å². The molecule has 0 atom stereocenters. The van der Waals surface area contributed by atoms with Crippen LogP contribution in [0.1, 0.15) is 11.1 Å². The van der Waals surface area contributed by atoms with Gasteiger partial charge in [-0.05, 0) is 11.6 Å². The van der Waals surface area contributed by atoms with Crippen LogP contribution in [0.3, 0.4) is 0 Å². The summed E-state index contributed by atoms with van der Waals surface area (Å²) in [7, 11) is 0. The Morgan fingerprint density at radius 1 is 0.579 bits per heavy atom. The number of halogens is 5. The summed E-state index contributed by atoms with van der Waals surface area (Å²) in [4.78, 5) is 0. The van der Waals surface area contributed by atoms with E-state index in [9.17, 15) is 22.0 Å². The molecule has 2 aromatic rings. The zero-order valence-electron chi connectivity index (χ0n) is 9.43. The fraction of sp³-hybridized carbons (Fsp3) is 0. The summed E-state index contributed by atoms with van der Waals surface area (Å²) >= 11 is 0. The van der Waals surface area contributed by atoms with Gasteiger partial charge in [0.2, 0.25) is 5.82 Å². The predicted molar refractivity (Wildman–Crippen MR) is 61.6 cm³/mol. The van der Waals surface area contributed by atoms with Crippen molar-refractivity contribution in [1.29, 1.82) is 0 Å². The molecule has 0 saturated carbocycles. The molecule has 19 heavy (non-hydrogen) atoms. The molecule has 0 unspecified atom stereocenters. The molecule has 0 heterocycles. The second kappa shape index (κ2) is 5.22. The highest BCUT2D eigenvalue weighted by Crippen LogP contribution is 2.24. The van der Waals surface area contributed by atoms with Gasteiger partial charge in [0.25, 0.3) is 0 Å². The van der Waals surface area contributed by atoms with Crippen molar-refractivity contribution in [3.8, 4) is 0 Å². The first-order valence-corrected chi connectivity index (χ1v) is 5.27. The zero-order valence-corrected chi connectivity index (χ0v) is 9.43. The van der Waals surface area contributed by atoms with E-state index < -0.39 is 34.6 Å².